The Morgan fingerprint density at radius 2 is 2.05 bits per heavy atom. The van der Waals surface area contributed by atoms with Crippen LogP contribution < -0.4 is 5.32 Å². The van der Waals surface area contributed by atoms with Crippen LogP contribution in [0, 0.1) is 12.7 Å². The van der Waals surface area contributed by atoms with E-state index in [1.54, 1.807) is 19.1 Å². The molecule has 0 aromatic heterocycles. The molecule has 2 N–H and O–H groups in total. The molecule has 0 spiro atoms. The van der Waals surface area contributed by atoms with Gasteiger partial charge in [0.05, 0.1) is 11.3 Å². The highest BCUT2D eigenvalue weighted by molar-refractivity contribution is 9.10. The fraction of sp³-hybridized carbons (Fsp3) is 0.0714. The monoisotopic (exact) mass is 323 g/mol. The number of aryl methyl sites for hydroxylation is 1. The lowest BCUT2D eigenvalue weighted by atomic mass is 10.1. The van der Waals surface area contributed by atoms with Crippen LogP contribution in [0.2, 0.25) is 0 Å². The lowest BCUT2D eigenvalue weighted by molar-refractivity contribution is 0.102. The zero-order valence-electron chi connectivity index (χ0n) is 10.1. The number of nitrogens with one attached hydrogen (secondary N) is 1. The average Bonchev–Trinajstić information content (AvgIpc) is 2.37. The number of phenolic OH excluding ortho intramolecular Hbond substituents is 1. The molecule has 3 nitrogen and oxygen atoms in total. The predicted molar refractivity (Wildman–Crippen MR) is 74.9 cm³/mol. The fourth-order valence-corrected chi connectivity index (χ4v) is 1.99. The first-order valence-electron chi connectivity index (χ1n) is 5.54. The first-order chi connectivity index (χ1) is 8.99. The third-order valence-corrected chi connectivity index (χ3v) is 3.15. The molecule has 5 heteroatoms. The molecule has 1 amide bonds. The van der Waals surface area contributed by atoms with E-state index in [-0.39, 0.29) is 17.0 Å². The molecule has 2 aromatic rings. The van der Waals surface area contributed by atoms with Gasteiger partial charge in [-0.05, 0) is 36.8 Å². The molecular weight excluding hydrogens is 313 g/mol. The van der Waals surface area contributed by atoms with Gasteiger partial charge in [0.15, 0.2) is 0 Å². The summed E-state index contributed by atoms with van der Waals surface area (Å²) in [6, 6.07) is 9.06. The Hall–Kier alpha value is -1.88. The molecule has 19 heavy (non-hydrogen) atoms. The van der Waals surface area contributed by atoms with Crippen molar-refractivity contribution in [2.45, 2.75) is 6.92 Å². The second-order valence-electron chi connectivity index (χ2n) is 4.05. The predicted octanol–water partition coefficient (Wildman–Crippen LogP) is 3.85. The van der Waals surface area contributed by atoms with Crippen molar-refractivity contribution >= 4 is 27.5 Å². The van der Waals surface area contributed by atoms with Gasteiger partial charge in [-0.25, -0.2) is 4.39 Å². The van der Waals surface area contributed by atoms with Crippen LogP contribution >= 0.6 is 15.9 Å². The van der Waals surface area contributed by atoms with Crippen LogP contribution in [-0.4, -0.2) is 11.0 Å². The molecule has 0 aliphatic rings. The maximum Gasteiger partial charge on any atom is 0.259 e. The number of amides is 1. The van der Waals surface area contributed by atoms with E-state index < -0.39 is 11.7 Å². The molecule has 0 fully saturated rings. The lowest BCUT2D eigenvalue weighted by Gasteiger charge is -2.09. The molecule has 0 saturated carbocycles. The molecule has 0 saturated heterocycles. The summed E-state index contributed by atoms with van der Waals surface area (Å²) in [6.45, 7) is 1.69. The van der Waals surface area contributed by atoms with Gasteiger partial charge < -0.3 is 10.4 Å². The Balaban J connectivity index is 2.31. The molecule has 2 aromatic carbocycles. The number of carbonyl (C=O) groups is 1. The molecule has 0 unspecified atom stereocenters. The van der Waals surface area contributed by atoms with Gasteiger partial charge in [0.25, 0.3) is 5.91 Å². The van der Waals surface area contributed by atoms with Crippen LogP contribution in [0.3, 0.4) is 0 Å². The van der Waals surface area contributed by atoms with Gasteiger partial charge in [0.1, 0.15) is 11.6 Å². The van der Waals surface area contributed by atoms with E-state index in [0.29, 0.717) is 10.0 Å². The van der Waals surface area contributed by atoms with Crippen LogP contribution in [0.15, 0.2) is 40.9 Å². The number of halogens is 2. The van der Waals surface area contributed by atoms with E-state index in [1.807, 2.05) is 0 Å². The van der Waals surface area contributed by atoms with Crippen LogP contribution in [0.1, 0.15) is 15.9 Å². The number of phenols is 1. The normalized spacial score (nSPS) is 10.3. The maximum atomic E-state index is 13.5. The van der Waals surface area contributed by atoms with E-state index in [1.165, 1.54) is 24.3 Å². The van der Waals surface area contributed by atoms with E-state index in [2.05, 4.69) is 21.2 Å². The Morgan fingerprint density at radius 3 is 2.79 bits per heavy atom. The minimum atomic E-state index is -0.557. The third-order valence-electron chi connectivity index (χ3n) is 2.66. The van der Waals surface area contributed by atoms with Crippen LogP contribution in [0.5, 0.6) is 5.75 Å². The second-order valence-corrected chi connectivity index (χ2v) is 4.97. The van der Waals surface area contributed by atoms with E-state index in [9.17, 15) is 14.3 Å². The van der Waals surface area contributed by atoms with Crippen molar-refractivity contribution in [2.75, 3.05) is 5.32 Å². The van der Waals surface area contributed by atoms with Crippen molar-refractivity contribution in [1.29, 1.82) is 0 Å². The topological polar surface area (TPSA) is 49.3 Å². The number of rotatable bonds is 2. The summed E-state index contributed by atoms with van der Waals surface area (Å²) < 4.78 is 14.2. The average molecular weight is 324 g/mol. The van der Waals surface area contributed by atoms with Gasteiger partial charge in [0, 0.05) is 4.47 Å². The minimum Gasteiger partial charge on any atom is -0.507 e. The summed E-state index contributed by atoms with van der Waals surface area (Å²) in [5.74, 6) is -1.20. The van der Waals surface area contributed by atoms with E-state index in [0.717, 1.165) is 0 Å². The van der Waals surface area contributed by atoms with Gasteiger partial charge in [-0.3, -0.25) is 4.79 Å². The highest BCUT2D eigenvalue weighted by atomic mass is 79.9. The Bertz CT molecular complexity index is 643. The first-order valence-corrected chi connectivity index (χ1v) is 6.33. The molecule has 0 aliphatic carbocycles. The van der Waals surface area contributed by atoms with Gasteiger partial charge in [-0.1, -0.05) is 28.1 Å². The van der Waals surface area contributed by atoms with E-state index in [4.69, 9.17) is 0 Å². The van der Waals surface area contributed by atoms with Crippen LogP contribution in [0.4, 0.5) is 10.1 Å². The Labute approximate surface area is 118 Å². The summed E-state index contributed by atoms with van der Waals surface area (Å²) in [4.78, 5) is 12.0. The summed E-state index contributed by atoms with van der Waals surface area (Å²) in [5, 5.41) is 12.2. The largest absolute Gasteiger partial charge is 0.507 e. The molecular formula is C14H11BrFNO2. The minimum absolute atomic E-state index is 0.0558. The number of anilines is 1. The number of hydrogen-bond donors (Lipinski definition) is 2. The standard InChI is InChI=1S/C14H11BrFNO2/c1-8-3-2-4-10(13(8)18)14(19)17-12-7-9(15)5-6-11(12)16/h2-7,18H,1H3,(H,17,19). The number of aromatic hydroxyl groups is 1. The summed E-state index contributed by atoms with van der Waals surface area (Å²) in [6.07, 6.45) is 0. The van der Waals surface area contributed by atoms with Crippen molar-refractivity contribution in [2.24, 2.45) is 0 Å². The lowest BCUT2D eigenvalue weighted by Crippen LogP contribution is -2.13. The van der Waals surface area contributed by atoms with Crippen molar-refractivity contribution in [3.8, 4) is 5.75 Å². The fourth-order valence-electron chi connectivity index (χ4n) is 1.63. The SMILES string of the molecule is Cc1cccc(C(=O)Nc2cc(Br)ccc2F)c1O. The van der Waals surface area contributed by atoms with Crippen molar-refractivity contribution in [3.05, 3.63) is 57.8 Å². The molecule has 0 atom stereocenters. The smallest absolute Gasteiger partial charge is 0.259 e. The number of carbonyl (C=O) groups excluding carboxylic acids is 1. The van der Waals surface area contributed by atoms with Gasteiger partial charge >= 0.3 is 0 Å². The molecule has 0 radical (unpaired) electrons. The number of hydrogen-bond acceptors (Lipinski definition) is 2. The highest BCUT2D eigenvalue weighted by Gasteiger charge is 2.14. The van der Waals surface area contributed by atoms with Gasteiger partial charge in [-0.2, -0.15) is 0 Å². The zero-order chi connectivity index (χ0) is 14.0. The quantitative estimate of drug-likeness (QED) is 0.881. The molecule has 0 heterocycles. The Morgan fingerprint density at radius 1 is 1.32 bits per heavy atom. The Kier molecular flexibility index (Phi) is 3.85. The molecule has 2 rings (SSSR count). The van der Waals surface area contributed by atoms with Crippen molar-refractivity contribution in [3.63, 3.8) is 0 Å². The number of benzene rings is 2. The maximum absolute atomic E-state index is 13.5. The van der Waals surface area contributed by atoms with Crippen LogP contribution in [-0.2, 0) is 0 Å². The first kappa shape index (κ1) is 13.5. The summed E-state index contributed by atoms with van der Waals surface area (Å²) >= 11 is 3.20. The summed E-state index contributed by atoms with van der Waals surface area (Å²) in [5.41, 5.74) is 0.752. The number of para-hydroxylation sites is 1. The van der Waals surface area contributed by atoms with E-state index >= 15 is 0 Å². The van der Waals surface area contributed by atoms with Crippen molar-refractivity contribution < 1.29 is 14.3 Å². The highest BCUT2D eigenvalue weighted by Crippen LogP contribution is 2.24. The van der Waals surface area contributed by atoms with Crippen molar-refractivity contribution in [1.82, 2.24) is 0 Å². The van der Waals surface area contributed by atoms with Gasteiger partial charge in [-0.15, -0.1) is 0 Å². The van der Waals surface area contributed by atoms with Crippen LogP contribution in [0.25, 0.3) is 0 Å². The van der Waals surface area contributed by atoms with Gasteiger partial charge in [0.2, 0.25) is 0 Å². The second kappa shape index (κ2) is 5.40. The molecule has 98 valence electrons. The molecule has 0 bridgehead atoms. The third kappa shape index (κ3) is 2.93. The summed E-state index contributed by atoms with van der Waals surface area (Å²) in [7, 11) is 0. The molecule has 0 aliphatic heterocycles. The zero-order valence-corrected chi connectivity index (χ0v) is 11.7.